The first-order chi connectivity index (χ1) is 13.3. The number of nitrogens with one attached hydrogen (secondary N) is 2. The summed E-state index contributed by atoms with van der Waals surface area (Å²) in [5, 5.41) is 15.8. The van der Waals surface area contributed by atoms with Gasteiger partial charge in [0.1, 0.15) is 0 Å². The Labute approximate surface area is 170 Å². The molecule has 0 fully saturated rings. The largest absolute Gasteiger partial charge is 0.481 e. The predicted octanol–water partition coefficient (Wildman–Crippen LogP) is 5.16. The molecule has 0 bridgehead atoms. The fourth-order valence-corrected chi connectivity index (χ4v) is 3.80. The molecular weight excluding hydrogens is 374 g/mol. The number of carboxylic acid groups (broad SMARTS) is 1. The molecule has 152 valence electrons. The molecule has 28 heavy (non-hydrogen) atoms. The summed E-state index contributed by atoms with van der Waals surface area (Å²) < 4.78 is 0. The van der Waals surface area contributed by atoms with Crippen molar-refractivity contribution in [1.82, 2.24) is 4.98 Å². The molecule has 3 N–H and O–H groups in total. The third-order valence-corrected chi connectivity index (χ3v) is 5.86. The van der Waals surface area contributed by atoms with Crippen LogP contribution in [0.15, 0.2) is 18.2 Å². The summed E-state index contributed by atoms with van der Waals surface area (Å²) in [4.78, 5) is 28.8. The van der Waals surface area contributed by atoms with Gasteiger partial charge in [0.25, 0.3) is 5.91 Å². The Morgan fingerprint density at radius 2 is 1.96 bits per heavy atom. The molecule has 2 aromatic rings. The molecule has 0 saturated heterocycles. The summed E-state index contributed by atoms with van der Waals surface area (Å²) in [5.74, 6) is -0.911. The van der Waals surface area contributed by atoms with Crippen LogP contribution in [0, 0.1) is 20.8 Å². The zero-order valence-corrected chi connectivity index (χ0v) is 17.8. The van der Waals surface area contributed by atoms with Crippen LogP contribution in [0.2, 0.25) is 0 Å². The second-order valence-electron chi connectivity index (χ2n) is 6.98. The van der Waals surface area contributed by atoms with Crippen LogP contribution in [-0.4, -0.2) is 28.0 Å². The molecule has 1 aromatic heterocycles. The first kappa shape index (κ1) is 21.9. The van der Waals surface area contributed by atoms with E-state index in [1.165, 1.54) is 11.3 Å². The second-order valence-corrected chi connectivity index (χ2v) is 8.19. The molecule has 2 rings (SSSR count). The van der Waals surface area contributed by atoms with E-state index < -0.39 is 5.97 Å². The average molecular weight is 404 g/mol. The predicted molar refractivity (Wildman–Crippen MR) is 115 cm³/mol. The molecule has 1 atom stereocenters. The van der Waals surface area contributed by atoms with Crippen LogP contribution < -0.4 is 10.6 Å². The molecular formula is C21H29N3O3S. The van der Waals surface area contributed by atoms with Crippen LogP contribution >= 0.6 is 11.3 Å². The number of aliphatic carboxylic acids is 1. The fourth-order valence-electron chi connectivity index (χ4n) is 2.99. The van der Waals surface area contributed by atoms with Crippen molar-refractivity contribution in [3.05, 3.63) is 39.9 Å². The van der Waals surface area contributed by atoms with E-state index in [1.807, 2.05) is 39.0 Å². The van der Waals surface area contributed by atoms with Gasteiger partial charge in [0.15, 0.2) is 5.13 Å². The number of thiazole rings is 1. The van der Waals surface area contributed by atoms with Crippen molar-refractivity contribution >= 4 is 34.0 Å². The molecule has 1 heterocycles. The van der Waals surface area contributed by atoms with Crippen LogP contribution in [0.3, 0.4) is 0 Å². The number of amides is 1. The van der Waals surface area contributed by atoms with E-state index in [0.717, 1.165) is 41.1 Å². The lowest BCUT2D eigenvalue weighted by molar-refractivity contribution is -0.137. The van der Waals surface area contributed by atoms with Gasteiger partial charge in [-0.05, 0) is 57.7 Å². The number of anilines is 2. The number of benzene rings is 1. The number of carboxylic acids is 1. The SMILES string of the molecule is CCC(CCCCC(=O)O)Nc1cccc(C(=O)Nc2nc(C)c(C)s2)c1C. The third kappa shape index (κ3) is 6.05. The van der Waals surface area contributed by atoms with Crippen LogP contribution in [0.5, 0.6) is 0 Å². The Balaban J connectivity index is 2.04. The van der Waals surface area contributed by atoms with Gasteiger partial charge in [-0.15, -0.1) is 11.3 Å². The van der Waals surface area contributed by atoms with Crippen LogP contribution in [0.1, 0.15) is 65.5 Å². The highest BCUT2D eigenvalue weighted by molar-refractivity contribution is 7.15. The van der Waals surface area contributed by atoms with E-state index >= 15 is 0 Å². The minimum Gasteiger partial charge on any atom is -0.481 e. The van der Waals surface area contributed by atoms with Crippen molar-refractivity contribution < 1.29 is 14.7 Å². The highest BCUT2D eigenvalue weighted by Crippen LogP contribution is 2.25. The van der Waals surface area contributed by atoms with Gasteiger partial charge in [0.2, 0.25) is 0 Å². The van der Waals surface area contributed by atoms with Gasteiger partial charge in [0.05, 0.1) is 5.69 Å². The molecule has 6 nitrogen and oxygen atoms in total. The molecule has 0 spiro atoms. The van der Waals surface area contributed by atoms with Gasteiger partial charge in [0, 0.05) is 28.6 Å². The molecule has 0 aliphatic heterocycles. The Kier molecular flexibility index (Phi) is 7.99. The maximum absolute atomic E-state index is 12.7. The van der Waals surface area contributed by atoms with E-state index in [1.54, 1.807) is 0 Å². The molecule has 1 aromatic carbocycles. The quantitative estimate of drug-likeness (QED) is 0.477. The van der Waals surface area contributed by atoms with Gasteiger partial charge in [-0.2, -0.15) is 0 Å². The Bertz CT molecular complexity index is 813. The number of rotatable bonds is 10. The Morgan fingerprint density at radius 3 is 2.57 bits per heavy atom. The lowest BCUT2D eigenvalue weighted by atomic mass is 10.0. The molecule has 0 aliphatic rings. The number of carbonyl (C=O) groups excluding carboxylic acids is 1. The lowest BCUT2D eigenvalue weighted by Gasteiger charge is -2.20. The topological polar surface area (TPSA) is 91.3 Å². The first-order valence-corrected chi connectivity index (χ1v) is 10.5. The van der Waals surface area contributed by atoms with Crippen molar-refractivity contribution in [1.29, 1.82) is 0 Å². The van der Waals surface area contributed by atoms with Crippen LogP contribution in [0.4, 0.5) is 10.8 Å². The van der Waals surface area contributed by atoms with Crippen molar-refractivity contribution in [3.8, 4) is 0 Å². The zero-order chi connectivity index (χ0) is 20.7. The molecule has 0 radical (unpaired) electrons. The Morgan fingerprint density at radius 1 is 1.21 bits per heavy atom. The monoisotopic (exact) mass is 403 g/mol. The summed E-state index contributed by atoms with van der Waals surface area (Å²) >= 11 is 1.47. The van der Waals surface area contributed by atoms with Gasteiger partial charge < -0.3 is 10.4 Å². The minimum atomic E-state index is -0.749. The van der Waals surface area contributed by atoms with Crippen molar-refractivity contribution in [3.63, 3.8) is 0 Å². The van der Waals surface area contributed by atoms with E-state index in [2.05, 4.69) is 22.5 Å². The van der Waals surface area contributed by atoms with Gasteiger partial charge in [-0.1, -0.05) is 19.4 Å². The van der Waals surface area contributed by atoms with E-state index in [4.69, 9.17) is 5.11 Å². The third-order valence-electron chi connectivity index (χ3n) is 4.87. The van der Waals surface area contributed by atoms with Gasteiger partial charge in [-0.25, -0.2) is 4.98 Å². The van der Waals surface area contributed by atoms with Crippen molar-refractivity contribution in [2.45, 2.75) is 65.8 Å². The van der Waals surface area contributed by atoms with Crippen molar-refractivity contribution in [2.24, 2.45) is 0 Å². The second kappa shape index (κ2) is 10.2. The number of unbranched alkanes of at least 4 members (excludes halogenated alkanes) is 1. The smallest absolute Gasteiger partial charge is 0.303 e. The standard InChI is InChI=1S/C21H29N3O3S/c1-5-16(9-6-7-12-19(25)26)23-18-11-8-10-17(13(18)2)20(27)24-21-22-14(3)15(4)28-21/h8,10-11,16,23H,5-7,9,12H2,1-4H3,(H,25,26)(H,22,24,27). The number of aromatic nitrogens is 1. The summed E-state index contributed by atoms with van der Waals surface area (Å²) in [7, 11) is 0. The van der Waals surface area contributed by atoms with Crippen molar-refractivity contribution in [2.75, 3.05) is 10.6 Å². The summed E-state index contributed by atoms with van der Waals surface area (Å²) in [5.41, 5.74) is 3.38. The maximum Gasteiger partial charge on any atom is 0.303 e. The number of carbonyl (C=O) groups is 2. The number of hydrogen-bond donors (Lipinski definition) is 3. The summed E-state index contributed by atoms with van der Waals surface area (Å²) in [6.07, 6.45) is 3.58. The molecule has 7 heteroatoms. The minimum absolute atomic E-state index is 0.163. The molecule has 1 unspecified atom stereocenters. The van der Waals surface area contributed by atoms with Gasteiger partial charge in [-0.3, -0.25) is 14.9 Å². The number of hydrogen-bond acceptors (Lipinski definition) is 5. The highest BCUT2D eigenvalue weighted by atomic mass is 32.1. The zero-order valence-electron chi connectivity index (χ0n) is 17.0. The Hall–Kier alpha value is -2.41. The lowest BCUT2D eigenvalue weighted by Crippen LogP contribution is -2.20. The number of aryl methyl sites for hydroxylation is 2. The van der Waals surface area contributed by atoms with Crippen LogP contribution in [-0.2, 0) is 4.79 Å². The van der Waals surface area contributed by atoms with E-state index in [9.17, 15) is 9.59 Å². The van der Waals surface area contributed by atoms with E-state index in [0.29, 0.717) is 17.1 Å². The molecule has 1 amide bonds. The van der Waals surface area contributed by atoms with E-state index in [-0.39, 0.29) is 18.4 Å². The van der Waals surface area contributed by atoms with Crippen LogP contribution in [0.25, 0.3) is 0 Å². The highest BCUT2D eigenvalue weighted by Gasteiger charge is 2.16. The molecule has 0 saturated carbocycles. The summed E-state index contributed by atoms with van der Waals surface area (Å²) in [6, 6.07) is 5.91. The molecule has 0 aliphatic carbocycles. The summed E-state index contributed by atoms with van der Waals surface area (Å²) in [6.45, 7) is 7.96. The maximum atomic E-state index is 12.7. The fraction of sp³-hybridized carbons (Fsp3) is 0.476. The normalized spacial score (nSPS) is 11.9. The van der Waals surface area contributed by atoms with Gasteiger partial charge >= 0.3 is 5.97 Å². The first-order valence-electron chi connectivity index (χ1n) is 9.65. The number of nitrogens with zero attached hydrogens (tertiary/aromatic N) is 1. The average Bonchev–Trinajstić information content (AvgIpc) is 2.95.